The van der Waals surface area contributed by atoms with Gasteiger partial charge in [-0.05, 0) is 12.1 Å². The fourth-order valence-corrected chi connectivity index (χ4v) is 1.47. The molecule has 3 heterocycles. The number of aromatic amines is 1. The quantitative estimate of drug-likeness (QED) is 0.682. The topological polar surface area (TPSA) is 119 Å². The lowest BCUT2D eigenvalue weighted by Gasteiger charge is -1.97. The molecule has 0 fully saturated rings. The average molecular weight is 243 g/mol. The van der Waals surface area contributed by atoms with Crippen LogP contribution < -0.4 is 5.73 Å². The van der Waals surface area contributed by atoms with Crippen LogP contribution in [0.5, 0.6) is 0 Å². The molecule has 3 aromatic rings. The summed E-state index contributed by atoms with van der Waals surface area (Å²) in [6.07, 6.45) is 3.03. The third kappa shape index (κ3) is 1.84. The van der Waals surface area contributed by atoms with Gasteiger partial charge in [0.25, 0.3) is 5.89 Å². The number of pyridine rings is 1. The molecule has 18 heavy (non-hydrogen) atoms. The van der Waals surface area contributed by atoms with Gasteiger partial charge in [0.2, 0.25) is 5.82 Å². The fourth-order valence-electron chi connectivity index (χ4n) is 1.47. The summed E-state index contributed by atoms with van der Waals surface area (Å²) < 4.78 is 5.16. The van der Waals surface area contributed by atoms with Crippen molar-refractivity contribution in [2.75, 3.05) is 0 Å². The maximum atomic E-state index is 5.53. The predicted molar refractivity (Wildman–Crippen MR) is 60.8 cm³/mol. The highest BCUT2D eigenvalue weighted by Crippen LogP contribution is 2.19. The Labute approximate surface area is 101 Å². The zero-order valence-electron chi connectivity index (χ0n) is 9.24. The van der Waals surface area contributed by atoms with E-state index in [9.17, 15) is 0 Å². The van der Waals surface area contributed by atoms with Crippen molar-refractivity contribution in [3.63, 3.8) is 0 Å². The van der Waals surface area contributed by atoms with Crippen LogP contribution in [0.3, 0.4) is 0 Å². The van der Waals surface area contributed by atoms with Gasteiger partial charge in [0.05, 0.1) is 5.69 Å². The first-order valence-corrected chi connectivity index (χ1v) is 5.21. The second kappa shape index (κ2) is 4.34. The van der Waals surface area contributed by atoms with Gasteiger partial charge in [-0.25, -0.2) is 4.98 Å². The van der Waals surface area contributed by atoms with Gasteiger partial charge in [-0.3, -0.25) is 10.1 Å². The normalized spacial score (nSPS) is 10.7. The molecule has 8 heteroatoms. The van der Waals surface area contributed by atoms with Crippen molar-refractivity contribution in [2.45, 2.75) is 6.54 Å². The van der Waals surface area contributed by atoms with E-state index in [1.165, 1.54) is 6.33 Å². The molecule has 3 aromatic heterocycles. The Bertz CT molecular complexity index is 646. The molecule has 0 amide bonds. The molecular formula is C10H9N7O. The van der Waals surface area contributed by atoms with Crippen molar-refractivity contribution in [2.24, 2.45) is 5.73 Å². The molecule has 0 atom stereocenters. The molecule has 0 aliphatic carbocycles. The summed E-state index contributed by atoms with van der Waals surface area (Å²) in [5.41, 5.74) is 7.05. The van der Waals surface area contributed by atoms with E-state index >= 15 is 0 Å². The van der Waals surface area contributed by atoms with E-state index in [2.05, 4.69) is 30.3 Å². The largest absolute Gasteiger partial charge is 0.333 e. The van der Waals surface area contributed by atoms with Gasteiger partial charge in [-0.15, -0.1) is 0 Å². The van der Waals surface area contributed by atoms with E-state index in [1.54, 1.807) is 18.3 Å². The molecule has 0 aliphatic rings. The van der Waals surface area contributed by atoms with Crippen LogP contribution in [-0.4, -0.2) is 30.3 Å². The lowest BCUT2D eigenvalue weighted by atomic mass is 10.2. The van der Waals surface area contributed by atoms with Crippen LogP contribution in [0, 0.1) is 0 Å². The standard InChI is InChI=1S/C10H9N7O/c11-4-7-3-6(1-2-12-7)10-15-9(17-18-10)8-13-5-14-16-8/h1-3,5H,4,11H2,(H,13,14,16). The third-order valence-corrected chi connectivity index (χ3v) is 2.33. The Morgan fingerprint density at radius 2 is 2.28 bits per heavy atom. The number of nitrogens with two attached hydrogens (primary N) is 1. The summed E-state index contributed by atoms with van der Waals surface area (Å²) >= 11 is 0. The van der Waals surface area contributed by atoms with E-state index < -0.39 is 0 Å². The number of hydrogen-bond donors (Lipinski definition) is 2. The van der Waals surface area contributed by atoms with Crippen LogP contribution in [0.4, 0.5) is 0 Å². The number of nitrogens with zero attached hydrogens (tertiary/aromatic N) is 5. The SMILES string of the molecule is NCc1cc(-c2nc(-c3ncn[nH]3)no2)ccn1. The number of H-pyrrole nitrogens is 1. The van der Waals surface area contributed by atoms with Crippen molar-refractivity contribution in [1.29, 1.82) is 0 Å². The van der Waals surface area contributed by atoms with E-state index in [-0.39, 0.29) is 0 Å². The first-order chi connectivity index (χ1) is 8.86. The van der Waals surface area contributed by atoms with Gasteiger partial charge in [-0.2, -0.15) is 10.1 Å². The summed E-state index contributed by atoms with van der Waals surface area (Å²) in [5, 5.41) is 10.2. The molecule has 8 nitrogen and oxygen atoms in total. The summed E-state index contributed by atoms with van der Waals surface area (Å²) in [6.45, 7) is 0.358. The Balaban J connectivity index is 1.97. The van der Waals surface area contributed by atoms with Gasteiger partial charge in [0, 0.05) is 18.3 Å². The van der Waals surface area contributed by atoms with Crippen LogP contribution in [0.1, 0.15) is 5.69 Å². The molecule has 0 unspecified atom stereocenters. The van der Waals surface area contributed by atoms with Crippen molar-refractivity contribution in [3.8, 4) is 23.1 Å². The highest BCUT2D eigenvalue weighted by molar-refractivity contribution is 5.55. The van der Waals surface area contributed by atoms with E-state index in [4.69, 9.17) is 10.3 Å². The maximum Gasteiger partial charge on any atom is 0.258 e. The molecule has 0 spiro atoms. The van der Waals surface area contributed by atoms with Gasteiger partial charge >= 0.3 is 0 Å². The summed E-state index contributed by atoms with van der Waals surface area (Å²) in [7, 11) is 0. The fraction of sp³-hybridized carbons (Fsp3) is 0.100. The monoisotopic (exact) mass is 243 g/mol. The number of rotatable bonds is 3. The molecule has 0 saturated heterocycles. The van der Waals surface area contributed by atoms with Gasteiger partial charge in [0.15, 0.2) is 5.82 Å². The van der Waals surface area contributed by atoms with Crippen molar-refractivity contribution < 1.29 is 4.52 Å². The van der Waals surface area contributed by atoms with Crippen LogP contribution in [0.2, 0.25) is 0 Å². The minimum Gasteiger partial charge on any atom is -0.333 e. The minimum absolute atomic E-state index is 0.355. The minimum atomic E-state index is 0.355. The Morgan fingerprint density at radius 3 is 3.06 bits per heavy atom. The third-order valence-electron chi connectivity index (χ3n) is 2.33. The molecule has 0 aromatic carbocycles. The summed E-state index contributed by atoms with van der Waals surface area (Å²) in [5.74, 6) is 1.20. The van der Waals surface area contributed by atoms with Gasteiger partial charge < -0.3 is 10.3 Å². The van der Waals surface area contributed by atoms with Crippen LogP contribution in [-0.2, 0) is 6.54 Å². The van der Waals surface area contributed by atoms with Crippen molar-refractivity contribution >= 4 is 0 Å². The molecule has 0 aliphatic heterocycles. The van der Waals surface area contributed by atoms with Crippen LogP contribution in [0.25, 0.3) is 23.1 Å². The van der Waals surface area contributed by atoms with Crippen LogP contribution in [0.15, 0.2) is 29.2 Å². The molecule has 0 saturated carbocycles. The lowest BCUT2D eigenvalue weighted by Crippen LogP contribution is -1.98. The number of nitrogens with one attached hydrogen (secondary N) is 1. The molecule has 3 rings (SSSR count). The summed E-state index contributed by atoms with van der Waals surface area (Å²) in [4.78, 5) is 12.3. The predicted octanol–water partition coefficient (Wildman–Crippen LogP) is 0.375. The summed E-state index contributed by atoms with van der Waals surface area (Å²) in [6, 6.07) is 3.58. The molecule has 0 bridgehead atoms. The Kier molecular flexibility index (Phi) is 2.54. The maximum absolute atomic E-state index is 5.53. The zero-order chi connectivity index (χ0) is 12.4. The van der Waals surface area contributed by atoms with E-state index in [0.717, 1.165) is 11.3 Å². The molecule has 0 radical (unpaired) electrons. The molecule has 3 N–H and O–H groups in total. The van der Waals surface area contributed by atoms with E-state index in [0.29, 0.717) is 24.1 Å². The van der Waals surface area contributed by atoms with Crippen molar-refractivity contribution in [1.82, 2.24) is 30.3 Å². The first kappa shape index (κ1) is 10.5. The van der Waals surface area contributed by atoms with Crippen molar-refractivity contribution in [3.05, 3.63) is 30.4 Å². The highest BCUT2D eigenvalue weighted by Gasteiger charge is 2.12. The average Bonchev–Trinajstić information content (AvgIpc) is 3.09. The van der Waals surface area contributed by atoms with Gasteiger partial charge in [-0.1, -0.05) is 5.16 Å². The number of hydrogen-bond acceptors (Lipinski definition) is 7. The Hall–Kier alpha value is -2.61. The zero-order valence-corrected chi connectivity index (χ0v) is 9.24. The second-order valence-corrected chi connectivity index (χ2v) is 3.50. The molecular weight excluding hydrogens is 234 g/mol. The van der Waals surface area contributed by atoms with Gasteiger partial charge in [0.1, 0.15) is 6.33 Å². The molecule has 90 valence electrons. The number of aromatic nitrogens is 6. The second-order valence-electron chi connectivity index (χ2n) is 3.50. The highest BCUT2D eigenvalue weighted by atomic mass is 16.5. The lowest BCUT2D eigenvalue weighted by molar-refractivity contribution is 0.432. The smallest absolute Gasteiger partial charge is 0.258 e. The Morgan fingerprint density at radius 1 is 1.33 bits per heavy atom. The van der Waals surface area contributed by atoms with Crippen LogP contribution >= 0.6 is 0 Å². The first-order valence-electron chi connectivity index (χ1n) is 5.21. The van der Waals surface area contributed by atoms with E-state index in [1.807, 2.05) is 0 Å².